The number of hydrogen-bond donors (Lipinski definition) is 1. The average molecular weight is 293 g/mol. The molecule has 2 N–H and O–H groups in total. The summed E-state index contributed by atoms with van der Waals surface area (Å²) in [4.78, 5) is 0. The lowest BCUT2D eigenvalue weighted by Crippen LogP contribution is -1.98. The number of rotatable bonds is 1. The lowest BCUT2D eigenvalue weighted by Gasteiger charge is -2.01. The normalized spacial score (nSPS) is 9.50. The summed E-state index contributed by atoms with van der Waals surface area (Å²) in [7, 11) is 0. The maximum absolute atomic E-state index is 8.68. The Labute approximate surface area is 89.5 Å². The van der Waals surface area contributed by atoms with Crippen molar-refractivity contribution >= 4 is 34.2 Å². The zero-order valence-corrected chi connectivity index (χ0v) is 9.06. The lowest BCUT2D eigenvalue weighted by atomic mass is 10.1. The minimum atomic E-state index is 0.432. The number of benzene rings is 1. The molecule has 0 aliphatic rings. The highest BCUT2D eigenvalue weighted by Crippen LogP contribution is 2.23. The van der Waals surface area contributed by atoms with Crippen molar-refractivity contribution in [1.82, 2.24) is 0 Å². The van der Waals surface area contributed by atoms with Gasteiger partial charge in [0.15, 0.2) is 0 Å². The molecule has 2 nitrogen and oxygen atoms in total. The Balaban J connectivity index is 3.31. The van der Waals surface area contributed by atoms with Crippen LogP contribution >= 0.6 is 34.2 Å². The molecule has 0 radical (unpaired) electrons. The van der Waals surface area contributed by atoms with E-state index in [1.807, 2.05) is 12.1 Å². The fourth-order valence-electron chi connectivity index (χ4n) is 0.844. The molecule has 0 aliphatic heterocycles. The van der Waals surface area contributed by atoms with E-state index in [1.165, 1.54) is 0 Å². The molecule has 1 rings (SSSR count). The van der Waals surface area contributed by atoms with Crippen molar-refractivity contribution in [2.45, 2.75) is 6.54 Å². The summed E-state index contributed by atoms with van der Waals surface area (Å²) in [5.74, 6) is 0. The number of nitrogens with zero attached hydrogens (tertiary/aromatic N) is 1. The molecule has 62 valence electrons. The van der Waals surface area contributed by atoms with Gasteiger partial charge in [0.2, 0.25) is 0 Å². The van der Waals surface area contributed by atoms with Crippen molar-refractivity contribution in [2.24, 2.45) is 5.73 Å². The van der Waals surface area contributed by atoms with Gasteiger partial charge in [-0.1, -0.05) is 11.6 Å². The number of halogens is 2. The maximum Gasteiger partial charge on any atom is 0.101 e. The van der Waals surface area contributed by atoms with Crippen LogP contribution in [0.3, 0.4) is 0 Å². The fraction of sp³-hybridized carbons (Fsp3) is 0.125. The molecule has 1 aromatic carbocycles. The first-order valence-corrected chi connectivity index (χ1v) is 4.72. The van der Waals surface area contributed by atoms with Crippen molar-refractivity contribution in [3.05, 3.63) is 31.9 Å². The van der Waals surface area contributed by atoms with Gasteiger partial charge in [-0.15, -0.1) is 0 Å². The van der Waals surface area contributed by atoms with Gasteiger partial charge in [-0.2, -0.15) is 5.26 Å². The molecule has 0 fully saturated rings. The Bertz CT molecular complexity index is 344. The van der Waals surface area contributed by atoms with Crippen LogP contribution in [0.15, 0.2) is 12.1 Å². The molecule has 4 heteroatoms. The molecule has 0 bridgehead atoms. The van der Waals surface area contributed by atoms with Crippen LogP contribution in [-0.2, 0) is 6.54 Å². The predicted octanol–water partition coefficient (Wildman–Crippen LogP) is 2.27. The zero-order valence-electron chi connectivity index (χ0n) is 6.14. The molecule has 0 unspecified atom stereocenters. The summed E-state index contributed by atoms with van der Waals surface area (Å²) in [5, 5.41) is 9.19. The Morgan fingerprint density at radius 3 is 2.75 bits per heavy atom. The largest absolute Gasteiger partial charge is 0.326 e. The molecular formula is C8H6ClIN2. The number of nitrogens with two attached hydrogens (primary N) is 1. The minimum absolute atomic E-state index is 0.432. The van der Waals surface area contributed by atoms with Gasteiger partial charge >= 0.3 is 0 Å². The van der Waals surface area contributed by atoms with Crippen LogP contribution < -0.4 is 5.73 Å². The van der Waals surface area contributed by atoms with Gasteiger partial charge in [0.1, 0.15) is 6.07 Å². The quantitative estimate of drug-likeness (QED) is 0.807. The molecule has 0 atom stereocenters. The van der Waals surface area contributed by atoms with Crippen LogP contribution in [0.25, 0.3) is 0 Å². The van der Waals surface area contributed by atoms with Gasteiger partial charge in [0.05, 0.1) is 10.6 Å². The molecule has 0 spiro atoms. The molecule has 12 heavy (non-hydrogen) atoms. The van der Waals surface area contributed by atoms with Gasteiger partial charge in [-0.25, -0.2) is 0 Å². The number of hydrogen-bond acceptors (Lipinski definition) is 2. The van der Waals surface area contributed by atoms with Crippen LogP contribution in [0.1, 0.15) is 11.1 Å². The molecule has 1 aromatic rings. The molecule has 0 amide bonds. The van der Waals surface area contributed by atoms with Crippen LogP contribution in [0.2, 0.25) is 5.02 Å². The monoisotopic (exact) mass is 292 g/mol. The topological polar surface area (TPSA) is 49.8 Å². The second-order valence-corrected chi connectivity index (χ2v) is 3.80. The molecule has 0 saturated heterocycles. The van der Waals surface area contributed by atoms with E-state index in [-0.39, 0.29) is 0 Å². The van der Waals surface area contributed by atoms with Crippen LogP contribution in [0.4, 0.5) is 0 Å². The van der Waals surface area contributed by atoms with E-state index in [4.69, 9.17) is 22.6 Å². The second kappa shape index (κ2) is 4.08. The van der Waals surface area contributed by atoms with Gasteiger partial charge in [0.25, 0.3) is 0 Å². The Morgan fingerprint density at radius 2 is 2.25 bits per heavy atom. The molecular weight excluding hydrogens is 286 g/mol. The van der Waals surface area contributed by atoms with E-state index in [2.05, 4.69) is 22.6 Å². The van der Waals surface area contributed by atoms with Crippen molar-refractivity contribution in [3.8, 4) is 6.07 Å². The lowest BCUT2D eigenvalue weighted by molar-refractivity contribution is 1.07. The summed E-state index contributed by atoms with van der Waals surface area (Å²) in [6.07, 6.45) is 0. The van der Waals surface area contributed by atoms with Crippen molar-refractivity contribution in [1.29, 1.82) is 5.26 Å². The van der Waals surface area contributed by atoms with Crippen molar-refractivity contribution < 1.29 is 0 Å². The summed E-state index contributed by atoms with van der Waals surface area (Å²) < 4.78 is 0.869. The van der Waals surface area contributed by atoms with Crippen LogP contribution in [-0.4, -0.2) is 0 Å². The maximum atomic E-state index is 8.68. The van der Waals surface area contributed by atoms with Gasteiger partial charge in [-0.05, 0) is 40.3 Å². The molecule has 0 aromatic heterocycles. The van der Waals surface area contributed by atoms with Crippen molar-refractivity contribution in [2.75, 3.05) is 0 Å². The number of nitriles is 1. The van der Waals surface area contributed by atoms with Crippen molar-refractivity contribution in [3.63, 3.8) is 0 Å². The van der Waals surface area contributed by atoms with Crippen LogP contribution in [0, 0.1) is 14.9 Å². The van der Waals surface area contributed by atoms with E-state index in [0.717, 1.165) is 9.13 Å². The van der Waals surface area contributed by atoms with E-state index >= 15 is 0 Å². The Kier molecular flexibility index (Phi) is 3.32. The average Bonchev–Trinajstić information content (AvgIpc) is 2.09. The summed E-state index contributed by atoms with van der Waals surface area (Å²) >= 11 is 7.94. The summed E-state index contributed by atoms with van der Waals surface area (Å²) in [5.41, 5.74) is 6.86. The second-order valence-electron chi connectivity index (χ2n) is 2.26. The van der Waals surface area contributed by atoms with E-state index in [9.17, 15) is 0 Å². The minimum Gasteiger partial charge on any atom is -0.326 e. The first-order chi connectivity index (χ1) is 5.69. The zero-order chi connectivity index (χ0) is 9.14. The highest BCUT2D eigenvalue weighted by Gasteiger charge is 2.05. The third-order valence-electron chi connectivity index (χ3n) is 1.44. The fourth-order valence-corrected chi connectivity index (χ4v) is 1.69. The van der Waals surface area contributed by atoms with Gasteiger partial charge < -0.3 is 5.73 Å². The van der Waals surface area contributed by atoms with E-state index in [1.54, 1.807) is 6.07 Å². The van der Waals surface area contributed by atoms with Gasteiger partial charge in [-0.3, -0.25) is 0 Å². The standard InChI is InChI=1S/C8H6ClIN2/c9-8-6(4-12)1-5(3-11)2-7(8)10/h1-2H,3,11H2. The highest BCUT2D eigenvalue weighted by atomic mass is 127. The SMILES string of the molecule is N#Cc1cc(CN)cc(I)c1Cl. The third-order valence-corrected chi connectivity index (χ3v) is 3.02. The molecule has 0 aliphatic carbocycles. The summed E-state index contributed by atoms with van der Waals surface area (Å²) in [6.45, 7) is 0.432. The van der Waals surface area contributed by atoms with Crippen LogP contribution in [0.5, 0.6) is 0 Å². The Morgan fingerprint density at radius 1 is 1.58 bits per heavy atom. The first kappa shape index (κ1) is 9.78. The van der Waals surface area contributed by atoms with E-state index in [0.29, 0.717) is 17.1 Å². The molecule has 0 saturated carbocycles. The predicted molar refractivity (Wildman–Crippen MR) is 56.8 cm³/mol. The first-order valence-electron chi connectivity index (χ1n) is 3.27. The van der Waals surface area contributed by atoms with Gasteiger partial charge in [0, 0.05) is 10.1 Å². The third kappa shape index (κ3) is 1.89. The van der Waals surface area contributed by atoms with E-state index < -0.39 is 0 Å². The molecule has 0 heterocycles. The summed E-state index contributed by atoms with van der Waals surface area (Å²) in [6, 6.07) is 5.61. The highest BCUT2D eigenvalue weighted by molar-refractivity contribution is 14.1. The Hall–Kier alpha value is -0.310. The smallest absolute Gasteiger partial charge is 0.101 e.